The van der Waals surface area contributed by atoms with E-state index in [0.717, 1.165) is 5.56 Å². The van der Waals surface area contributed by atoms with E-state index in [4.69, 9.17) is 10.8 Å². The minimum absolute atomic E-state index is 0.0869. The lowest BCUT2D eigenvalue weighted by Crippen LogP contribution is -2.46. The Labute approximate surface area is 161 Å². The van der Waals surface area contributed by atoms with E-state index < -0.39 is 42.2 Å². The van der Waals surface area contributed by atoms with Crippen LogP contribution >= 0.6 is 0 Å². The predicted molar refractivity (Wildman–Crippen MR) is 97.7 cm³/mol. The predicted octanol–water partition coefficient (Wildman–Crippen LogP) is -0.831. The summed E-state index contributed by atoms with van der Waals surface area (Å²) in [5.41, 5.74) is 5.70. The molecule has 152 valence electrons. The summed E-state index contributed by atoms with van der Waals surface area (Å²) in [5, 5.41) is 13.7. The summed E-state index contributed by atoms with van der Waals surface area (Å²) in [7, 11) is 0. The number of nitrogens with one attached hydrogen (secondary N) is 2. The first-order valence-corrected chi connectivity index (χ1v) is 8.62. The Kier molecular flexibility index (Phi) is 8.73. The summed E-state index contributed by atoms with van der Waals surface area (Å²) in [5.74, 6) is -4.55. The van der Waals surface area contributed by atoms with Crippen molar-refractivity contribution in [2.45, 2.75) is 45.2 Å². The Morgan fingerprint density at radius 3 is 2.21 bits per heavy atom. The molecule has 10 heteroatoms. The Balaban J connectivity index is 2.52. The van der Waals surface area contributed by atoms with Crippen LogP contribution in [0, 0.1) is 5.92 Å². The maximum Gasteiger partial charge on any atom is 0.326 e. The molecule has 0 bridgehead atoms. The van der Waals surface area contributed by atoms with Gasteiger partial charge in [0.1, 0.15) is 6.04 Å². The van der Waals surface area contributed by atoms with E-state index >= 15 is 0 Å². The molecule has 5 N–H and O–H groups in total. The van der Waals surface area contributed by atoms with Crippen LogP contribution in [0.3, 0.4) is 0 Å². The van der Waals surface area contributed by atoms with Gasteiger partial charge >= 0.3 is 5.97 Å². The highest BCUT2D eigenvalue weighted by Gasteiger charge is 2.27. The van der Waals surface area contributed by atoms with Crippen molar-refractivity contribution in [1.29, 1.82) is 0 Å². The SMILES string of the molecule is C[C@H](NC(=O)Cc1ccncc1)C(=O)C[C@H](C)C(=O)N[C@@H](CC(N)=O)C(=O)O. The van der Waals surface area contributed by atoms with Crippen molar-refractivity contribution in [3.63, 3.8) is 0 Å². The van der Waals surface area contributed by atoms with Gasteiger partial charge in [0.15, 0.2) is 5.78 Å². The molecule has 0 saturated carbocycles. The van der Waals surface area contributed by atoms with E-state index in [1.165, 1.54) is 13.8 Å². The molecule has 28 heavy (non-hydrogen) atoms. The van der Waals surface area contributed by atoms with Crippen molar-refractivity contribution in [1.82, 2.24) is 15.6 Å². The Morgan fingerprint density at radius 1 is 1.07 bits per heavy atom. The number of amides is 3. The molecule has 0 spiro atoms. The summed E-state index contributed by atoms with van der Waals surface area (Å²) < 4.78 is 0. The van der Waals surface area contributed by atoms with Gasteiger partial charge in [0.25, 0.3) is 0 Å². The number of hydrogen-bond acceptors (Lipinski definition) is 6. The summed E-state index contributed by atoms with van der Waals surface area (Å²) in [6.45, 7) is 2.95. The van der Waals surface area contributed by atoms with E-state index in [9.17, 15) is 24.0 Å². The highest BCUT2D eigenvalue weighted by Crippen LogP contribution is 2.07. The molecule has 1 rings (SSSR count). The normalized spacial score (nSPS) is 13.6. The first-order chi connectivity index (χ1) is 13.1. The third-order valence-corrected chi connectivity index (χ3v) is 3.95. The number of ketones is 1. The summed E-state index contributed by atoms with van der Waals surface area (Å²) in [6.07, 6.45) is 2.44. The molecule has 0 saturated heterocycles. The molecule has 0 aliphatic heterocycles. The molecule has 1 aromatic heterocycles. The molecule has 1 heterocycles. The van der Waals surface area contributed by atoms with Gasteiger partial charge in [-0.3, -0.25) is 24.2 Å². The number of carboxylic acid groups (broad SMARTS) is 1. The van der Waals surface area contributed by atoms with Gasteiger partial charge in [-0.05, 0) is 24.6 Å². The average molecular weight is 392 g/mol. The summed E-state index contributed by atoms with van der Waals surface area (Å²) >= 11 is 0. The van der Waals surface area contributed by atoms with Crippen molar-refractivity contribution in [2.24, 2.45) is 11.7 Å². The fourth-order valence-electron chi connectivity index (χ4n) is 2.35. The lowest BCUT2D eigenvalue weighted by Gasteiger charge is -2.18. The number of carboxylic acids is 1. The van der Waals surface area contributed by atoms with Crippen LogP contribution in [-0.4, -0.2) is 51.6 Å². The number of hydrogen-bond donors (Lipinski definition) is 4. The van der Waals surface area contributed by atoms with Gasteiger partial charge < -0.3 is 21.5 Å². The third-order valence-electron chi connectivity index (χ3n) is 3.95. The number of primary amides is 1. The fraction of sp³-hybridized carbons (Fsp3) is 0.444. The first kappa shape index (κ1) is 22.7. The van der Waals surface area contributed by atoms with Gasteiger partial charge in [0.05, 0.1) is 18.9 Å². The highest BCUT2D eigenvalue weighted by atomic mass is 16.4. The third kappa shape index (κ3) is 7.94. The van der Waals surface area contributed by atoms with Gasteiger partial charge in [-0.15, -0.1) is 0 Å². The molecule has 10 nitrogen and oxygen atoms in total. The topological polar surface area (TPSA) is 169 Å². The minimum atomic E-state index is -1.46. The zero-order chi connectivity index (χ0) is 21.3. The number of nitrogens with zero attached hydrogens (tertiary/aromatic N) is 1. The van der Waals surface area contributed by atoms with Crippen molar-refractivity contribution in [2.75, 3.05) is 0 Å². The monoisotopic (exact) mass is 392 g/mol. The van der Waals surface area contributed by atoms with Gasteiger partial charge in [0, 0.05) is 24.7 Å². The maximum absolute atomic E-state index is 12.2. The number of Topliss-reactive ketones (excluding diaryl/α,β-unsaturated/α-hetero) is 1. The fourth-order valence-corrected chi connectivity index (χ4v) is 2.35. The first-order valence-electron chi connectivity index (χ1n) is 8.62. The van der Waals surface area contributed by atoms with Crippen LogP contribution in [0.5, 0.6) is 0 Å². The molecule has 0 aliphatic carbocycles. The van der Waals surface area contributed by atoms with E-state index in [2.05, 4.69) is 15.6 Å². The van der Waals surface area contributed by atoms with Gasteiger partial charge in [-0.2, -0.15) is 0 Å². The summed E-state index contributed by atoms with van der Waals surface area (Å²) in [6, 6.07) is 1.10. The molecule has 3 amide bonds. The number of carbonyl (C=O) groups excluding carboxylic acids is 4. The van der Waals surface area contributed by atoms with Crippen molar-refractivity contribution < 1.29 is 29.1 Å². The Morgan fingerprint density at radius 2 is 1.68 bits per heavy atom. The number of carbonyl (C=O) groups is 5. The zero-order valence-electron chi connectivity index (χ0n) is 15.7. The van der Waals surface area contributed by atoms with Crippen LogP contribution < -0.4 is 16.4 Å². The number of aliphatic carboxylic acids is 1. The van der Waals surface area contributed by atoms with Crippen molar-refractivity contribution in [3.05, 3.63) is 30.1 Å². The number of nitrogens with two attached hydrogens (primary N) is 1. The van der Waals surface area contributed by atoms with Crippen LogP contribution in [0.15, 0.2) is 24.5 Å². The van der Waals surface area contributed by atoms with Crippen LogP contribution in [-0.2, 0) is 30.4 Å². The van der Waals surface area contributed by atoms with Crippen LogP contribution in [0.2, 0.25) is 0 Å². The Bertz CT molecular complexity index is 737. The lowest BCUT2D eigenvalue weighted by molar-refractivity contribution is -0.144. The van der Waals surface area contributed by atoms with Gasteiger partial charge in [-0.25, -0.2) is 4.79 Å². The molecule has 0 aliphatic rings. The second-order valence-electron chi connectivity index (χ2n) is 6.46. The van der Waals surface area contributed by atoms with Crippen LogP contribution in [0.1, 0.15) is 32.3 Å². The number of aromatic nitrogens is 1. The van der Waals surface area contributed by atoms with Crippen LogP contribution in [0.4, 0.5) is 0 Å². The molecule has 3 atom stereocenters. The van der Waals surface area contributed by atoms with Crippen molar-refractivity contribution >= 4 is 29.5 Å². The smallest absolute Gasteiger partial charge is 0.326 e. The van der Waals surface area contributed by atoms with Gasteiger partial charge in [0.2, 0.25) is 17.7 Å². The van der Waals surface area contributed by atoms with E-state index in [-0.39, 0.29) is 24.5 Å². The standard InChI is InChI=1S/C18H24N4O6/c1-10(17(26)22-13(18(27)28)9-15(19)24)7-14(23)11(2)21-16(25)8-12-3-5-20-6-4-12/h3-6,10-11,13H,7-9H2,1-2H3,(H2,19,24)(H,21,25)(H,22,26)(H,27,28)/t10-,11-,13-/m0/s1. The van der Waals surface area contributed by atoms with Crippen molar-refractivity contribution in [3.8, 4) is 0 Å². The molecular formula is C18H24N4O6. The second-order valence-corrected chi connectivity index (χ2v) is 6.46. The quantitative estimate of drug-likeness (QED) is 0.381. The summed E-state index contributed by atoms with van der Waals surface area (Å²) in [4.78, 5) is 62.1. The van der Waals surface area contributed by atoms with E-state index in [0.29, 0.717) is 0 Å². The number of rotatable bonds is 11. The lowest BCUT2D eigenvalue weighted by atomic mass is 9.99. The maximum atomic E-state index is 12.2. The van der Waals surface area contributed by atoms with Gasteiger partial charge in [-0.1, -0.05) is 6.92 Å². The minimum Gasteiger partial charge on any atom is -0.480 e. The van der Waals surface area contributed by atoms with Crippen LogP contribution in [0.25, 0.3) is 0 Å². The Hall–Kier alpha value is -3.30. The molecule has 0 radical (unpaired) electrons. The zero-order valence-corrected chi connectivity index (χ0v) is 15.7. The van der Waals surface area contributed by atoms with E-state index in [1.807, 2.05) is 0 Å². The average Bonchev–Trinajstić information content (AvgIpc) is 2.61. The molecule has 0 aromatic carbocycles. The largest absolute Gasteiger partial charge is 0.480 e. The molecule has 0 fully saturated rings. The second kappa shape index (κ2) is 10.8. The molecule has 0 unspecified atom stereocenters. The molecule has 1 aromatic rings. The molecular weight excluding hydrogens is 368 g/mol. The highest BCUT2D eigenvalue weighted by molar-refractivity contribution is 5.94. The number of pyridine rings is 1. The van der Waals surface area contributed by atoms with E-state index in [1.54, 1.807) is 24.5 Å².